The zero-order valence-corrected chi connectivity index (χ0v) is 14.1. The molecule has 1 aliphatic rings. The number of anilines is 1. The van der Waals surface area contributed by atoms with Gasteiger partial charge in [-0.1, -0.05) is 30.3 Å². The Kier molecular flexibility index (Phi) is 4.93. The topological polar surface area (TPSA) is 57.7 Å². The summed E-state index contributed by atoms with van der Waals surface area (Å²) in [6.45, 7) is 2.46. The fraction of sp³-hybridized carbons (Fsp3) is 0.250. The highest BCUT2D eigenvalue weighted by molar-refractivity contribution is 6.21. The first kappa shape index (κ1) is 16.9. The summed E-state index contributed by atoms with van der Waals surface area (Å²) in [7, 11) is 0. The van der Waals surface area contributed by atoms with Gasteiger partial charge >= 0.3 is 0 Å². The van der Waals surface area contributed by atoms with Crippen molar-refractivity contribution in [1.29, 1.82) is 0 Å². The first-order valence-electron chi connectivity index (χ1n) is 8.38. The van der Waals surface area contributed by atoms with Crippen LogP contribution in [0.25, 0.3) is 0 Å². The largest absolute Gasteiger partial charge is 0.313 e. The predicted molar refractivity (Wildman–Crippen MR) is 95.5 cm³/mol. The molecular formula is C20H20N2O3. The number of nitrogens with zero attached hydrogens (tertiary/aromatic N) is 2. The minimum atomic E-state index is -0.230. The molecule has 0 fully saturated rings. The highest BCUT2D eigenvalue weighted by Crippen LogP contribution is 2.23. The van der Waals surface area contributed by atoms with Crippen molar-refractivity contribution >= 4 is 23.4 Å². The second-order valence-corrected chi connectivity index (χ2v) is 6.02. The number of hydrogen-bond acceptors (Lipinski definition) is 3. The lowest BCUT2D eigenvalue weighted by Crippen LogP contribution is -2.32. The molecule has 0 spiro atoms. The van der Waals surface area contributed by atoms with Crippen LogP contribution in [0.3, 0.4) is 0 Å². The second-order valence-electron chi connectivity index (χ2n) is 6.02. The summed E-state index contributed by atoms with van der Waals surface area (Å²) >= 11 is 0. The highest BCUT2D eigenvalue weighted by Gasteiger charge is 2.34. The third kappa shape index (κ3) is 3.45. The molecule has 5 heteroatoms. The van der Waals surface area contributed by atoms with Gasteiger partial charge in [-0.3, -0.25) is 19.3 Å². The number of hydrogen-bond donors (Lipinski definition) is 0. The van der Waals surface area contributed by atoms with Crippen molar-refractivity contribution in [2.75, 3.05) is 18.0 Å². The molecular weight excluding hydrogens is 316 g/mol. The Bertz CT molecular complexity index is 767. The van der Waals surface area contributed by atoms with Crippen molar-refractivity contribution in [1.82, 2.24) is 4.90 Å². The fourth-order valence-electron chi connectivity index (χ4n) is 3.06. The maximum Gasteiger partial charge on any atom is 0.261 e. The van der Waals surface area contributed by atoms with Crippen LogP contribution in [0.5, 0.6) is 0 Å². The minimum Gasteiger partial charge on any atom is -0.313 e. The maximum atomic E-state index is 12.3. The molecule has 3 amide bonds. The lowest BCUT2D eigenvalue weighted by Gasteiger charge is -2.21. The van der Waals surface area contributed by atoms with Crippen LogP contribution in [0.4, 0.5) is 5.69 Å². The summed E-state index contributed by atoms with van der Waals surface area (Å²) in [4.78, 5) is 39.5. The van der Waals surface area contributed by atoms with E-state index >= 15 is 0 Å². The standard InChI is InChI=1S/C20H20N2O3/c1-15(23)21(16-9-3-2-4-10-16)13-7-8-14-22-19(24)17-11-5-6-12-18(17)20(22)25/h2-6,9-12H,7-8,13-14H2,1H3. The molecule has 0 radical (unpaired) electrons. The normalized spacial score (nSPS) is 13.1. The number of imide groups is 1. The third-order valence-corrected chi connectivity index (χ3v) is 4.34. The van der Waals surface area contributed by atoms with Crippen LogP contribution in [0.1, 0.15) is 40.5 Å². The van der Waals surface area contributed by atoms with Gasteiger partial charge in [0.1, 0.15) is 0 Å². The number of carbonyl (C=O) groups excluding carboxylic acids is 3. The number of fused-ring (bicyclic) bond motifs is 1. The molecule has 5 nitrogen and oxygen atoms in total. The zero-order valence-electron chi connectivity index (χ0n) is 14.1. The van der Waals surface area contributed by atoms with E-state index in [1.165, 1.54) is 11.8 Å². The lowest BCUT2D eigenvalue weighted by atomic mass is 10.1. The fourth-order valence-corrected chi connectivity index (χ4v) is 3.06. The van der Waals surface area contributed by atoms with Crippen LogP contribution < -0.4 is 4.90 Å². The van der Waals surface area contributed by atoms with Crippen LogP contribution in [-0.2, 0) is 4.79 Å². The summed E-state index contributed by atoms with van der Waals surface area (Å²) < 4.78 is 0. The van der Waals surface area contributed by atoms with Crippen LogP contribution in [0.2, 0.25) is 0 Å². The van der Waals surface area contributed by atoms with E-state index in [1.807, 2.05) is 30.3 Å². The second kappa shape index (κ2) is 7.30. The number of amides is 3. The maximum absolute atomic E-state index is 12.3. The summed E-state index contributed by atoms with van der Waals surface area (Å²) in [5.41, 5.74) is 1.81. The van der Waals surface area contributed by atoms with Gasteiger partial charge in [0.2, 0.25) is 5.91 Å². The Balaban J connectivity index is 1.56. The quantitative estimate of drug-likeness (QED) is 0.601. The first-order chi connectivity index (χ1) is 12.1. The van der Waals surface area contributed by atoms with E-state index in [9.17, 15) is 14.4 Å². The molecule has 0 saturated carbocycles. The summed E-state index contributed by atoms with van der Waals surface area (Å²) in [5, 5.41) is 0. The molecule has 2 aromatic rings. The Morgan fingerprint density at radius 2 is 1.44 bits per heavy atom. The Morgan fingerprint density at radius 1 is 0.880 bits per heavy atom. The van der Waals surface area contributed by atoms with Gasteiger partial charge in [-0.25, -0.2) is 0 Å². The summed E-state index contributed by atoms with van der Waals surface area (Å²) in [6.07, 6.45) is 1.37. The molecule has 128 valence electrons. The van der Waals surface area contributed by atoms with Crippen molar-refractivity contribution in [2.45, 2.75) is 19.8 Å². The average Bonchev–Trinajstić information content (AvgIpc) is 2.87. The van der Waals surface area contributed by atoms with Gasteiger partial charge in [0.05, 0.1) is 11.1 Å². The predicted octanol–water partition coefficient (Wildman–Crippen LogP) is 3.12. The molecule has 3 rings (SSSR count). The first-order valence-corrected chi connectivity index (χ1v) is 8.38. The SMILES string of the molecule is CC(=O)N(CCCCN1C(=O)c2ccccc2C1=O)c1ccccc1. The molecule has 2 aromatic carbocycles. The van der Waals surface area contributed by atoms with Gasteiger partial charge in [-0.15, -0.1) is 0 Å². The third-order valence-electron chi connectivity index (χ3n) is 4.34. The van der Waals surface area contributed by atoms with E-state index in [2.05, 4.69) is 0 Å². The van der Waals surface area contributed by atoms with Gasteiger partial charge in [-0.2, -0.15) is 0 Å². The van der Waals surface area contributed by atoms with Crippen molar-refractivity contribution in [3.8, 4) is 0 Å². The van der Waals surface area contributed by atoms with E-state index in [1.54, 1.807) is 29.2 Å². The van der Waals surface area contributed by atoms with Crippen molar-refractivity contribution in [3.63, 3.8) is 0 Å². The molecule has 0 aromatic heterocycles. The number of benzene rings is 2. The van der Waals surface area contributed by atoms with Crippen LogP contribution in [-0.4, -0.2) is 35.7 Å². The molecule has 0 unspecified atom stereocenters. The van der Waals surface area contributed by atoms with Gasteiger partial charge in [0.25, 0.3) is 11.8 Å². The molecule has 0 N–H and O–H groups in total. The molecule has 25 heavy (non-hydrogen) atoms. The summed E-state index contributed by atoms with van der Waals surface area (Å²) in [5.74, 6) is -0.480. The minimum absolute atomic E-state index is 0.0214. The molecule has 1 heterocycles. The zero-order chi connectivity index (χ0) is 17.8. The van der Waals surface area contributed by atoms with Crippen LogP contribution in [0.15, 0.2) is 54.6 Å². The van der Waals surface area contributed by atoms with Gasteiger partial charge in [-0.05, 0) is 37.1 Å². The van der Waals surface area contributed by atoms with Crippen molar-refractivity contribution in [2.24, 2.45) is 0 Å². The average molecular weight is 336 g/mol. The smallest absolute Gasteiger partial charge is 0.261 e. The molecule has 0 saturated heterocycles. The van der Waals surface area contributed by atoms with E-state index in [0.717, 1.165) is 5.69 Å². The van der Waals surface area contributed by atoms with Gasteiger partial charge in [0.15, 0.2) is 0 Å². The monoisotopic (exact) mass is 336 g/mol. The Morgan fingerprint density at radius 3 is 2.00 bits per heavy atom. The highest BCUT2D eigenvalue weighted by atomic mass is 16.2. The molecule has 0 bridgehead atoms. The van der Waals surface area contributed by atoms with Crippen LogP contribution in [0, 0.1) is 0 Å². The van der Waals surface area contributed by atoms with Crippen molar-refractivity contribution < 1.29 is 14.4 Å². The number of unbranched alkanes of at least 4 members (excludes halogenated alkanes) is 1. The van der Waals surface area contributed by atoms with E-state index < -0.39 is 0 Å². The van der Waals surface area contributed by atoms with Crippen molar-refractivity contribution in [3.05, 3.63) is 65.7 Å². The van der Waals surface area contributed by atoms with Gasteiger partial charge < -0.3 is 4.90 Å². The molecule has 0 atom stereocenters. The Hall–Kier alpha value is -2.95. The van der Waals surface area contributed by atoms with Gasteiger partial charge in [0, 0.05) is 25.7 Å². The molecule has 0 aliphatic carbocycles. The van der Waals surface area contributed by atoms with E-state index in [-0.39, 0.29) is 17.7 Å². The number of para-hydroxylation sites is 1. The molecule has 1 aliphatic heterocycles. The summed E-state index contributed by atoms with van der Waals surface area (Å²) in [6, 6.07) is 16.4. The lowest BCUT2D eigenvalue weighted by molar-refractivity contribution is -0.116. The van der Waals surface area contributed by atoms with E-state index in [4.69, 9.17) is 0 Å². The number of rotatable bonds is 6. The number of carbonyl (C=O) groups is 3. The Labute approximate surface area is 146 Å². The van der Waals surface area contributed by atoms with Crippen LogP contribution >= 0.6 is 0 Å². The van der Waals surface area contributed by atoms with E-state index in [0.29, 0.717) is 37.1 Å².